The van der Waals surface area contributed by atoms with Crippen LogP contribution in [-0.4, -0.2) is 6.54 Å². The Balaban J connectivity index is 2.33. The van der Waals surface area contributed by atoms with E-state index >= 15 is 0 Å². The zero-order valence-corrected chi connectivity index (χ0v) is 7.48. The van der Waals surface area contributed by atoms with Crippen LogP contribution in [0.25, 0.3) is 0 Å². The average molecular weight is 171 g/mol. The molecule has 1 atom stereocenters. The Morgan fingerprint density at radius 2 is 2.00 bits per heavy atom. The van der Waals surface area contributed by atoms with Crippen molar-refractivity contribution in [1.29, 1.82) is 0 Å². The molecule has 1 nitrogen and oxygen atoms in total. The van der Waals surface area contributed by atoms with Gasteiger partial charge in [-0.25, -0.2) is 0 Å². The molecule has 0 spiro atoms. The summed E-state index contributed by atoms with van der Waals surface area (Å²) in [5, 5.41) is 0. The Labute approximate surface area is 78.6 Å². The van der Waals surface area contributed by atoms with Crippen LogP contribution in [0.4, 0.5) is 0 Å². The van der Waals surface area contributed by atoms with Gasteiger partial charge in [0.1, 0.15) is 0 Å². The Hall–Kier alpha value is -1.34. The zero-order chi connectivity index (χ0) is 9.10. The van der Waals surface area contributed by atoms with E-state index in [4.69, 9.17) is 5.73 Å². The van der Waals surface area contributed by atoms with Crippen molar-refractivity contribution in [2.24, 2.45) is 11.7 Å². The summed E-state index contributed by atoms with van der Waals surface area (Å²) in [5.74, 6) is 0.435. The number of hydrogen-bond acceptors (Lipinski definition) is 1. The fourth-order valence-corrected chi connectivity index (χ4v) is 1.54. The number of hydrogen-bond donors (Lipinski definition) is 1. The highest BCUT2D eigenvalue weighted by molar-refractivity contribution is 5.43. The molecule has 13 heavy (non-hydrogen) atoms. The average Bonchev–Trinajstić information content (AvgIpc) is 2.39. The lowest BCUT2D eigenvalue weighted by Gasteiger charge is -2.10. The second kappa shape index (κ2) is 3.58. The van der Waals surface area contributed by atoms with Crippen molar-refractivity contribution < 1.29 is 0 Å². The van der Waals surface area contributed by atoms with Gasteiger partial charge in [0.2, 0.25) is 0 Å². The minimum atomic E-state index is 0.435. The van der Waals surface area contributed by atoms with E-state index in [0.717, 1.165) is 0 Å². The van der Waals surface area contributed by atoms with Gasteiger partial charge in [0, 0.05) is 12.5 Å². The van der Waals surface area contributed by atoms with Gasteiger partial charge in [-0.3, -0.25) is 0 Å². The minimum Gasteiger partial charge on any atom is -0.326 e. The molecule has 0 saturated carbocycles. The summed E-state index contributed by atoms with van der Waals surface area (Å²) in [7, 11) is 0. The summed E-state index contributed by atoms with van der Waals surface area (Å²) in [4.78, 5) is 0. The van der Waals surface area contributed by atoms with E-state index in [1.165, 1.54) is 11.1 Å². The normalized spacial score (nSPS) is 24.8. The molecule has 1 unspecified atom stereocenters. The van der Waals surface area contributed by atoms with Crippen LogP contribution < -0.4 is 5.73 Å². The molecular formula is C12H13N. The van der Waals surface area contributed by atoms with Gasteiger partial charge in [-0.05, 0) is 11.1 Å². The van der Waals surface area contributed by atoms with Crippen LogP contribution in [0.15, 0.2) is 59.8 Å². The molecule has 2 aliphatic rings. The first-order valence-corrected chi connectivity index (χ1v) is 4.54. The lowest BCUT2D eigenvalue weighted by atomic mass is 9.95. The van der Waals surface area contributed by atoms with Crippen LogP contribution in [0.2, 0.25) is 0 Å². The van der Waals surface area contributed by atoms with Gasteiger partial charge in [-0.1, -0.05) is 48.6 Å². The van der Waals surface area contributed by atoms with Crippen LogP contribution in [-0.2, 0) is 0 Å². The molecule has 0 aromatic rings. The monoisotopic (exact) mass is 171 g/mol. The van der Waals surface area contributed by atoms with Gasteiger partial charge >= 0.3 is 0 Å². The summed E-state index contributed by atoms with van der Waals surface area (Å²) in [6.45, 7) is 0.612. The molecule has 0 bridgehead atoms. The molecule has 0 aromatic heterocycles. The quantitative estimate of drug-likeness (QED) is 0.642. The zero-order valence-electron chi connectivity index (χ0n) is 7.48. The summed E-state index contributed by atoms with van der Waals surface area (Å²) in [6, 6.07) is 0. The first-order chi connectivity index (χ1) is 6.40. The van der Waals surface area contributed by atoms with Gasteiger partial charge in [0.15, 0.2) is 0 Å². The molecule has 0 saturated heterocycles. The van der Waals surface area contributed by atoms with Crippen molar-refractivity contribution in [3.05, 3.63) is 59.8 Å². The van der Waals surface area contributed by atoms with Crippen molar-refractivity contribution in [3.63, 3.8) is 0 Å². The van der Waals surface area contributed by atoms with Gasteiger partial charge in [0.05, 0.1) is 0 Å². The molecule has 0 aliphatic heterocycles. The van der Waals surface area contributed by atoms with E-state index in [0.29, 0.717) is 12.5 Å². The van der Waals surface area contributed by atoms with Crippen LogP contribution in [0, 0.1) is 5.92 Å². The first kappa shape index (κ1) is 8.27. The van der Waals surface area contributed by atoms with Crippen LogP contribution in [0.5, 0.6) is 0 Å². The number of fused-ring (bicyclic) bond motifs is 1. The van der Waals surface area contributed by atoms with E-state index in [1.54, 1.807) is 0 Å². The van der Waals surface area contributed by atoms with Crippen molar-refractivity contribution in [2.75, 3.05) is 6.54 Å². The Bertz CT molecular complexity index is 340. The standard InChI is InChI=1S/C12H13N/c13-9-10-5-7-11-3-1-2-4-12(11)8-6-10/h1-8,11H,9,13H2. The molecule has 0 fully saturated rings. The van der Waals surface area contributed by atoms with Gasteiger partial charge in [-0.2, -0.15) is 0 Å². The van der Waals surface area contributed by atoms with Crippen molar-refractivity contribution in [1.82, 2.24) is 0 Å². The van der Waals surface area contributed by atoms with Gasteiger partial charge < -0.3 is 5.73 Å². The van der Waals surface area contributed by atoms with Crippen LogP contribution >= 0.6 is 0 Å². The predicted octanol–water partition coefficient (Wildman–Crippen LogP) is 2.11. The van der Waals surface area contributed by atoms with Crippen LogP contribution in [0.3, 0.4) is 0 Å². The summed E-state index contributed by atoms with van der Waals surface area (Å²) in [6.07, 6.45) is 17.0. The molecule has 0 amide bonds. The highest BCUT2D eigenvalue weighted by Gasteiger charge is 2.08. The second-order valence-electron chi connectivity index (χ2n) is 3.24. The highest BCUT2D eigenvalue weighted by Crippen LogP contribution is 2.23. The maximum atomic E-state index is 5.58. The van der Waals surface area contributed by atoms with E-state index in [-0.39, 0.29) is 0 Å². The predicted molar refractivity (Wildman–Crippen MR) is 56.1 cm³/mol. The Kier molecular flexibility index (Phi) is 2.28. The van der Waals surface area contributed by atoms with Crippen LogP contribution in [0.1, 0.15) is 0 Å². The molecule has 0 radical (unpaired) electrons. The molecule has 0 aromatic carbocycles. The summed E-state index contributed by atoms with van der Waals surface area (Å²) in [5.41, 5.74) is 8.10. The summed E-state index contributed by atoms with van der Waals surface area (Å²) >= 11 is 0. The molecule has 0 heterocycles. The third-order valence-corrected chi connectivity index (χ3v) is 2.35. The second-order valence-corrected chi connectivity index (χ2v) is 3.24. The van der Waals surface area contributed by atoms with E-state index < -0.39 is 0 Å². The fourth-order valence-electron chi connectivity index (χ4n) is 1.54. The summed E-state index contributed by atoms with van der Waals surface area (Å²) < 4.78 is 0. The highest BCUT2D eigenvalue weighted by atomic mass is 14.5. The number of rotatable bonds is 1. The molecule has 66 valence electrons. The maximum Gasteiger partial charge on any atom is 0.0204 e. The molecule has 2 aliphatic carbocycles. The van der Waals surface area contributed by atoms with Crippen molar-refractivity contribution in [3.8, 4) is 0 Å². The molecular weight excluding hydrogens is 158 g/mol. The SMILES string of the molecule is NCC1=CC=C2C=CC=CC2C=C1. The van der Waals surface area contributed by atoms with Crippen molar-refractivity contribution >= 4 is 0 Å². The first-order valence-electron chi connectivity index (χ1n) is 4.54. The fraction of sp³-hybridized carbons (Fsp3) is 0.167. The Morgan fingerprint density at radius 3 is 2.85 bits per heavy atom. The largest absolute Gasteiger partial charge is 0.326 e. The molecule has 1 heteroatoms. The van der Waals surface area contributed by atoms with E-state index in [1.807, 2.05) is 0 Å². The Morgan fingerprint density at radius 1 is 1.08 bits per heavy atom. The van der Waals surface area contributed by atoms with Crippen molar-refractivity contribution in [2.45, 2.75) is 0 Å². The topological polar surface area (TPSA) is 26.0 Å². The minimum absolute atomic E-state index is 0.435. The third kappa shape index (κ3) is 1.70. The van der Waals surface area contributed by atoms with E-state index in [2.05, 4.69) is 48.6 Å². The maximum absolute atomic E-state index is 5.58. The smallest absolute Gasteiger partial charge is 0.0204 e. The lowest BCUT2D eigenvalue weighted by Crippen LogP contribution is -2.00. The van der Waals surface area contributed by atoms with Gasteiger partial charge in [0.25, 0.3) is 0 Å². The van der Waals surface area contributed by atoms with Gasteiger partial charge in [-0.15, -0.1) is 0 Å². The molecule has 2 N–H and O–H groups in total. The number of nitrogens with two attached hydrogens (primary N) is 1. The lowest BCUT2D eigenvalue weighted by molar-refractivity contribution is 0.996. The number of allylic oxidation sites excluding steroid dienone is 8. The van der Waals surface area contributed by atoms with E-state index in [9.17, 15) is 0 Å². The molecule has 2 rings (SSSR count). The third-order valence-electron chi connectivity index (χ3n) is 2.35.